The number of aromatic nitrogens is 1. The van der Waals surface area contributed by atoms with Crippen LogP contribution in [-0.2, 0) is 11.3 Å². The average Bonchev–Trinajstić information content (AvgIpc) is 2.42. The third-order valence-electron chi connectivity index (χ3n) is 3.17. The first-order valence-electron chi connectivity index (χ1n) is 6.50. The molecule has 0 aliphatic heterocycles. The standard InChI is InChI=1S/C15H17BrN2O2/c1-18(9-3-5-14(19)20)10-11-6-7-13(16)12-4-2-8-17-15(11)12/h2,4,6-8H,3,5,9-10H2,1H3,(H,19,20). The Hall–Kier alpha value is -1.46. The quantitative estimate of drug-likeness (QED) is 0.879. The van der Waals surface area contributed by atoms with Crippen molar-refractivity contribution in [1.29, 1.82) is 0 Å². The molecule has 0 radical (unpaired) electrons. The number of pyridine rings is 1. The van der Waals surface area contributed by atoms with Crippen LogP contribution in [0.15, 0.2) is 34.9 Å². The van der Waals surface area contributed by atoms with Crippen LogP contribution < -0.4 is 0 Å². The summed E-state index contributed by atoms with van der Waals surface area (Å²) >= 11 is 3.54. The Morgan fingerprint density at radius 3 is 2.95 bits per heavy atom. The maximum atomic E-state index is 10.5. The summed E-state index contributed by atoms with van der Waals surface area (Å²) in [5, 5.41) is 9.76. The molecule has 1 aromatic carbocycles. The van der Waals surface area contributed by atoms with Gasteiger partial charge in [0.2, 0.25) is 0 Å². The van der Waals surface area contributed by atoms with Crippen LogP contribution >= 0.6 is 15.9 Å². The fraction of sp³-hybridized carbons (Fsp3) is 0.333. The minimum absolute atomic E-state index is 0.212. The van der Waals surface area contributed by atoms with E-state index in [9.17, 15) is 4.79 Å². The van der Waals surface area contributed by atoms with E-state index < -0.39 is 5.97 Å². The Morgan fingerprint density at radius 2 is 2.20 bits per heavy atom. The first kappa shape index (κ1) is 14.9. The number of hydrogen-bond acceptors (Lipinski definition) is 3. The number of benzene rings is 1. The van der Waals surface area contributed by atoms with Gasteiger partial charge in [0.25, 0.3) is 0 Å². The molecule has 2 rings (SSSR count). The zero-order valence-corrected chi connectivity index (χ0v) is 12.9. The zero-order valence-electron chi connectivity index (χ0n) is 11.3. The highest BCUT2D eigenvalue weighted by molar-refractivity contribution is 9.10. The summed E-state index contributed by atoms with van der Waals surface area (Å²) in [5.41, 5.74) is 2.15. The molecular formula is C15H17BrN2O2. The predicted molar refractivity (Wildman–Crippen MR) is 82.6 cm³/mol. The Balaban J connectivity index is 2.10. The number of hydrogen-bond donors (Lipinski definition) is 1. The molecule has 20 heavy (non-hydrogen) atoms. The van der Waals surface area contributed by atoms with Gasteiger partial charge in [-0.3, -0.25) is 9.78 Å². The van der Waals surface area contributed by atoms with E-state index in [1.165, 1.54) is 0 Å². The molecule has 0 aliphatic rings. The van der Waals surface area contributed by atoms with Gasteiger partial charge in [0, 0.05) is 29.0 Å². The molecule has 4 nitrogen and oxygen atoms in total. The van der Waals surface area contributed by atoms with E-state index in [4.69, 9.17) is 5.11 Å². The molecule has 0 saturated heterocycles. The molecule has 5 heteroatoms. The first-order valence-corrected chi connectivity index (χ1v) is 7.29. The van der Waals surface area contributed by atoms with E-state index in [-0.39, 0.29) is 6.42 Å². The van der Waals surface area contributed by atoms with Crippen LogP contribution in [0.4, 0.5) is 0 Å². The van der Waals surface area contributed by atoms with Gasteiger partial charge in [0.1, 0.15) is 0 Å². The highest BCUT2D eigenvalue weighted by Gasteiger charge is 2.08. The van der Waals surface area contributed by atoms with Crippen molar-refractivity contribution in [2.45, 2.75) is 19.4 Å². The van der Waals surface area contributed by atoms with E-state index in [2.05, 4.69) is 31.9 Å². The van der Waals surface area contributed by atoms with Crippen LogP contribution in [0, 0.1) is 0 Å². The van der Waals surface area contributed by atoms with Crippen LogP contribution in [0.3, 0.4) is 0 Å². The third kappa shape index (κ3) is 3.77. The molecule has 0 fully saturated rings. The number of carboxylic acids is 1. The second-order valence-electron chi connectivity index (χ2n) is 4.84. The smallest absolute Gasteiger partial charge is 0.303 e. The molecule has 1 heterocycles. The van der Waals surface area contributed by atoms with Gasteiger partial charge in [-0.15, -0.1) is 0 Å². The SMILES string of the molecule is CN(CCCC(=O)O)Cc1ccc(Br)c2cccnc12. The second kappa shape index (κ2) is 6.81. The van der Waals surface area contributed by atoms with Crippen molar-refractivity contribution in [3.63, 3.8) is 0 Å². The van der Waals surface area contributed by atoms with Crippen LogP contribution in [0.2, 0.25) is 0 Å². The topological polar surface area (TPSA) is 53.4 Å². The van der Waals surface area contributed by atoms with E-state index in [0.717, 1.165) is 34.0 Å². The summed E-state index contributed by atoms with van der Waals surface area (Å²) in [6, 6.07) is 8.06. The molecule has 0 bridgehead atoms. The van der Waals surface area contributed by atoms with Gasteiger partial charge in [-0.1, -0.05) is 28.1 Å². The summed E-state index contributed by atoms with van der Waals surface area (Å²) in [6.45, 7) is 1.52. The lowest BCUT2D eigenvalue weighted by Crippen LogP contribution is -2.20. The molecule has 0 unspecified atom stereocenters. The van der Waals surface area contributed by atoms with Gasteiger partial charge in [-0.2, -0.15) is 0 Å². The fourth-order valence-electron chi connectivity index (χ4n) is 2.19. The zero-order chi connectivity index (χ0) is 14.5. The van der Waals surface area contributed by atoms with Crippen LogP contribution in [0.1, 0.15) is 18.4 Å². The monoisotopic (exact) mass is 336 g/mol. The molecule has 0 aliphatic carbocycles. The highest BCUT2D eigenvalue weighted by Crippen LogP contribution is 2.25. The Kier molecular flexibility index (Phi) is 5.09. The maximum absolute atomic E-state index is 10.5. The number of nitrogens with zero attached hydrogens (tertiary/aromatic N) is 2. The van der Waals surface area contributed by atoms with Gasteiger partial charge in [-0.05, 0) is 37.7 Å². The van der Waals surface area contributed by atoms with E-state index >= 15 is 0 Å². The number of halogens is 1. The molecule has 0 amide bonds. The highest BCUT2D eigenvalue weighted by atomic mass is 79.9. The fourth-order valence-corrected chi connectivity index (χ4v) is 2.65. The van der Waals surface area contributed by atoms with Gasteiger partial charge in [0.15, 0.2) is 0 Å². The van der Waals surface area contributed by atoms with E-state index in [0.29, 0.717) is 6.42 Å². The minimum atomic E-state index is -0.742. The molecule has 0 atom stereocenters. The summed E-state index contributed by atoms with van der Waals surface area (Å²) in [6.07, 6.45) is 2.67. The lowest BCUT2D eigenvalue weighted by Gasteiger charge is -2.17. The molecule has 0 saturated carbocycles. The minimum Gasteiger partial charge on any atom is -0.481 e. The van der Waals surface area contributed by atoms with Crippen LogP contribution in [-0.4, -0.2) is 34.6 Å². The number of fused-ring (bicyclic) bond motifs is 1. The van der Waals surface area contributed by atoms with Gasteiger partial charge in [0.05, 0.1) is 5.52 Å². The van der Waals surface area contributed by atoms with Gasteiger partial charge >= 0.3 is 5.97 Å². The number of rotatable bonds is 6. The molecule has 106 valence electrons. The Morgan fingerprint density at radius 1 is 1.40 bits per heavy atom. The number of aliphatic carboxylic acids is 1. The first-order chi connectivity index (χ1) is 9.58. The van der Waals surface area contributed by atoms with Crippen molar-refractivity contribution in [1.82, 2.24) is 9.88 Å². The van der Waals surface area contributed by atoms with Gasteiger partial charge < -0.3 is 10.0 Å². The molecular weight excluding hydrogens is 320 g/mol. The van der Waals surface area contributed by atoms with Crippen molar-refractivity contribution in [2.75, 3.05) is 13.6 Å². The number of carbonyl (C=O) groups is 1. The second-order valence-corrected chi connectivity index (χ2v) is 5.70. The lowest BCUT2D eigenvalue weighted by molar-refractivity contribution is -0.137. The van der Waals surface area contributed by atoms with Crippen molar-refractivity contribution < 1.29 is 9.90 Å². The van der Waals surface area contributed by atoms with Crippen LogP contribution in [0.5, 0.6) is 0 Å². The van der Waals surface area contributed by atoms with Gasteiger partial charge in [-0.25, -0.2) is 0 Å². The largest absolute Gasteiger partial charge is 0.481 e. The van der Waals surface area contributed by atoms with E-state index in [1.54, 1.807) is 6.20 Å². The average molecular weight is 337 g/mol. The van der Waals surface area contributed by atoms with E-state index in [1.807, 2.05) is 25.2 Å². The summed E-state index contributed by atoms with van der Waals surface area (Å²) in [5.74, 6) is -0.742. The Labute approximate surface area is 126 Å². The molecule has 2 aromatic rings. The Bertz CT molecular complexity index is 616. The van der Waals surface area contributed by atoms with Crippen molar-refractivity contribution in [2.24, 2.45) is 0 Å². The summed E-state index contributed by atoms with van der Waals surface area (Å²) < 4.78 is 1.04. The predicted octanol–water partition coefficient (Wildman–Crippen LogP) is 3.29. The molecule has 0 spiro atoms. The van der Waals surface area contributed by atoms with Crippen LogP contribution in [0.25, 0.3) is 10.9 Å². The van der Waals surface area contributed by atoms with Crippen molar-refractivity contribution in [3.05, 3.63) is 40.5 Å². The number of carboxylic acid groups (broad SMARTS) is 1. The summed E-state index contributed by atoms with van der Waals surface area (Å²) in [7, 11) is 2.00. The van der Waals surface area contributed by atoms with Crippen molar-refractivity contribution in [3.8, 4) is 0 Å². The third-order valence-corrected chi connectivity index (χ3v) is 3.86. The summed E-state index contributed by atoms with van der Waals surface area (Å²) in [4.78, 5) is 17.1. The molecule has 1 N–H and O–H groups in total. The maximum Gasteiger partial charge on any atom is 0.303 e. The molecule has 1 aromatic heterocycles. The van der Waals surface area contributed by atoms with Crippen molar-refractivity contribution >= 4 is 32.8 Å². The lowest BCUT2D eigenvalue weighted by atomic mass is 10.1. The normalized spacial score (nSPS) is 11.2.